The van der Waals surface area contributed by atoms with E-state index in [0.29, 0.717) is 12.5 Å². The first kappa shape index (κ1) is 13.4. The van der Waals surface area contributed by atoms with Gasteiger partial charge in [-0.05, 0) is 50.4 Å². The van der Waals surface area contributed by atoms with E-state index >= 15 is 0 Å². The zero-order valence-corrected chi connectivity index (χ0v) is 10.4. The number of benzene rings is 1. The molecule has 1 unspecified atom stereocenters. The second-order valence-corrected chi connectivity index (χ2v) is 4.75. The van der Waals surface area contributed by atoms with Crippen molar-refractivity contribution in [2.75, 3.05) is 19.7 Å². The number of rotatable bonds is 5. The predicted molar refractivity (Wildman–Crippen MR) is 66.2 cm³/mol. The van der Waals surface area contributed by atoms with Crippen molar-refractivity contribution >= 4 is 0 Å². The number of piperidine rings is 1. The van der Waals surface area contributed by atoms with Crippen LogP contribution in [0.1, 0.15) is 24.8 Å². The number of hydrogen-bond acceptors (Lipinski definition) is 2. The molecule has 18 heavy (non-hydrogen) atoms. The maximum absolute atomic E-state index is 13.3. The maximum atomic E-state index is 13.3. The molecule has 2 nitrogen and oxygen atoms in total. The van der Waals surface area contributed by atoms with Gasteiger partial charge >= 0.3 is 0 Å². The van der Waals surface area contributed by atoms with Gasteiger partial charge in [0.25, 0.3) is 0 Å². The summed E-state index contributed by atoms with van der Waals surface area (Å²) in [5.41, 5.74) is 0.0271. The fraction of sp³-hybridized carbons (Fsp3) is 0.571. The molecule has 1 aromatic carbocycles. The largest absolute Gasteiger partial charge is 0.377 e. The number of nitrogens with one attached hydrogen (secondary N) is 1. The molecule has 2 rings (SSSR count). The molecule has 4 heteroatoms. The van der Waals surface area contributed by atoms with Crippen molar-refractivity contribution in [3.63, 3.8) is 0 Å². The lowest BCUT2D eigenvalue weighted by Crippen LogP contribution is -2.30. The Morgan fingerprint density at radius 1 is 1.28 bits per heavy atom. The first-order valence-electron chi connectivity index (χ1n) is 6.48. The third-order valence-electron chi connectivity index (χ3n) is 3.38. The van der Waals surface area contributed by atoms with E-state index in [-0.39, 0.29) is 12.2 Å². The lowest BCUT2D eigenvalue weighted by Gasteiger charge is -2.22. The topological polar surface area (TPSA) is 21.3 Å². The summed E-state index contributed by atoms with van der Waals surface area (Å²) in [5, 5.41) is 3.34. The molecular formula is C14H19F2NO. The molecule has 1 aliphatic rings. The standard InChI is InChI=1S/C14H19F2NO/c15-13-4-1-5-14(16)12(13)10-18-8-6-11-3-2-7-17-9-11/h1,4-5,11,17H,2-3,6-10H2. The number of halogens is 2. The summed E-state index contributed by atoms with van der Waals surface area (Å²) in [7, 11) is 0. The van der Waals surface area contributed by atoms with Gasteiger partial charge in [0.05, 0.1) is 6.61 Å². The van der Waals surface area contributed by atoms with Crippen LogP contribution in [-0.2, 0) is 11.3 Å². The van der Waals surface area contributed by atoms with Gasteiger partial charge in [0.1, 0.15) is 11.6 Å². The van der Waals surface area contributed by atoms with Gasteiger partial charge < -0.3 is 10.1 Å². The van der Waals surface area contributed by atoms with E-state index in [1.54, 1.807) is 0 Å². The lowest BCUT2D eigenvalue weighted by molar-refractivity contribution is 0.0991. The minimum atomic E-state index is -0.533. The van der Waals surface area contributed by atoms with Crippen LogP contribution in [-0.4, -0.2) is 19.7 Å². The summed E-state index contributed by atoms with van der Waals surface area (Å²) in [6, 6.07) is 3.88. The molecule has 1 saturated heterocycles. The van der Waals surface area contributed by atoms with Crippen molar-refractivity contribution in [2.24, 2.45) is 5.92 Å². The molecule has 1 N–H and O–H groups in total. The van der Waals surface area contributed by atoms with Crippen LogP contribution in [0.15, 0.2) is 18.2 Å². The van der Waals surface area contributed by atoms with Crippen molar-refractivity contribution in [3.8, 4) is 0 Å². The minimum absolute atomic E-state index is 0.0126. The average molecular weight is 255 g/mol. The summed E-state index contributed by atoms with van der Waals surface area (Å²) < 4.78 is 32.0. The molecule has 0 bridgehead atoms. The summed E-state index contributed by atoms with van der Waals surface area (Å²) in [6.07, 6.45) is 3.36. The second kappa shape index (κ2) is 6.81. The molecule has 1 atom stereocenters. The molecule has 0 amide bonds. The van der Waals surface area contributed by atoms with Gasteiger partial charge in [0.15, 0.2) is 0 Å². The van der Waals surface area contributed by atoms with Gasteiger partial charge in [-0.15, -0.1) is 0 Å². The van der Waals surface area contributed by atoms with Crippen molar-refractivity contribution < 1.29 is 13.5 Å². The summed E-state index contributed by atoms with van der Waals surface area (Å²) in [4.78, 5) is 0. The van der Waals surface area contributed by atoms with E-state index < -0.39 is 11.6 Å². The molecule has 1 fully saturated rings. The Kier molecular flexibility index (Phi) is 5.08. The van der Waals surface area contributed by atoms with Crippen LogP contribution in [0.5, 0.6) is 0 Å². The Labute approximate surface area is 106 Å². The highest BCUT2D eigenvalue weighted by Crippen LogP contribution is 2.16. The first-order chi connectivity index (χ1) is 8.77. The van der Waals surface area contributed by atoms with Crippen molar-refractivity contribution in [3.05, 3.63) is 35.4 Å². The predicted octanol–water partition coefficient (Wildman–Crippen LogP) is 2.87. The van der Waals surface area contributed by atoms with Gasteiger partial charge in [-0.25, -0.2) is 8.78 Å². The quantitative estimate of drug-likeness (QED) is 0.817. The van der Waals surface area contributed by atoms with Crippen LogP contribution in [0.4, 0.5) is 8.78 Å². The van der Waals surface area contributed by atoms with Crippen LogP contribution < -0.4 is 5.32 Å². The SMILES string of the molecule is Fc1cccc(F)c1COCCC1CCCNC1. The molecule has 1 aromatic rings. The zero-order valence-electron chi connectivity index (χ0n) is 10.4. The molecule has 100 valence electrons. The van der Waals surface area contributed by atoms with Crippen LogP contribution in [0.25, 0.3) is 0 Å². The molecule has 1 aliphatic heterocycles. The van der Waals surface area contributed by atoms with E-state index in [0.717, 1.165) is 19.5 Å². The second-order valence-electron chi connectivity index (χ2n) is 4.75. The Morgan fingerprint density at radius 3 is 2.72 bits per heavy atom. The summed E-state index contributed by atoms with van der Waals surface area (Å²) in [5.74, 6) is -0.437. The van der Waals surface area contributed by atoms with Crippen LogP contribution >= 0.6 is 0 Å². The minimum Gasteiger partial charge on any atom is -0.377 e. The van der Waals surface area contributed by atoms with E-state index in [1.165, 1.54) is 31.0 Å². The van der Waals surface area contributed by atoms with Crippen molar-refractivity contribution in [1.29, 1.82) is 0 Å². The van der Waals surface area contributed by atoms with Crippen LogP contribution in [0, 0.1) is 17.6 Å². The van der Waals surface area contributed by atoms with E-state index in [1.807, 2.05) is 0 Å². The molecule has 0 spiro atoms. The lowest BCUT2D eigenvalue weighted by atomic mass is 9.97. The zero-order chi connectivity index (χ0) is 12.8. The van der Waals surface area contributed by atoms with Gasteiger partial charge in [-0.3, -0.25) is 0 Å². The molecule has 0 saturated carbocycles. The van der Waals surface area contributed by atoms with Crippen LogP contribution in [0.3, 0.4) is 0 Å². The Hall–Kier alpha value is -1.00. The normalized spacial score (nSPS) is 20.0. The summed E-state index contributed by atoms with van der Waals surface area (Å²) in [6.45, 7) is 2.69. The summed E-state index contributed by atoms with van der Waals surface area (Å²) >= 11 is 0. The van der Waals surface area contributed by atoms with Crippen molar-refractivity contribution in [1.82, 2.24) is 5.32 Å². The molecular weight excluding hydrogens is 236 g/mol. The molecule has 0 aromatic heterocycles. The highest BCUT2D eigenvalue weighted by atomic mass is 19.1. The van der Waals surface area contributed by atoms with Crippen LogP contribution in [0.2, 0.25) is 0 Å². The number of hydrogen-bond donors (Lipinski definition) is 1. The molecule has 0 radical (unpaired) electrons. The van der Waals surface area contributed by atoms with E-state index in [2.05, 4.69) is 5.32 Å². The molecule has 1 heterocycles. The highest BCUT2D eigenvalue weighted by Gasteiger charge is 2.13. The van der Waals surface area contributed by atoms with Gasteiger partial charge in [-0.2, -0.15) is 0 Å². The monoisotopic (exact) mass is 255 g/mol. The Morgan fingerprint density at radius 2 is 2.06 bits per heavy atom. The molecule has 0 aliphatic carbocycles. The third-order valence-corrected chi connectivity index (χ3v) is 3.38. The first-order valence-corrected chi connectivity index (χ1v) is 6.48. The van der Waals surface area contributed by atoms with Gasteiger partial charge in [-0.1, -0.05) is 6.07 Å². The smallest absolute Gasteiger partial charge is 0.131 e. The Balaban J connectivity index is 1.71. The van der Waals surface area contributed by atoms with E-state index in [4.69, 9.17) is 4.74 Å². The fourth-order valence-electron chi connectivity index (χ4n) is 2.26. The van der Waals surface area contributed by atoms with Gasteiger partial charge in [0, 0.05) is 12.2 Å². The Bertz CT molecular complexity index is 358. The average Bonchev–Trinajstić information content (AvgIpc) is 2.38. The van der Waals surface area contributed by atoms with Gasteiger partial charge in [0.2, 0.25) is 0 Å². The maximum Gasteiger partial charge on any atom is 0.131 e. The van der Waals surface area contributed by atoms with E-state index in [9.17, 15) is 8.78 Å². The number of ether oxygens (including phenoxy) is 1. The van der Waals surface area contributed by atoms with Crippen molar-refractivity contribution in [2.45, 2.75) is 25.9 Å². The third kappa shape index (κ3) is 3.75. The fourth-order valence-corrected chi connectivity index (χ4v) is 2.26. The highest BCUT2D eigenvalue weighted by molar-refractivity contribution is 5.18.